The number of alkyl halides is 3. The zero-order valence-electron chi connectivity index (χ0n) is 12.0. The summed E-state index contributed by atoms with van der Waals surface area (Å²) in [5.41, 5.74) is -4.08. The van der Waals surface area contributed by atoms with Gasteiger partial charge in [0.15, 0.2) is 0 Å². The van der Waals surface area contributed by atoms with Crippen LogP contribution >= 0.6 is 22.6 Å². The van der Waals surface area contributed by atoms with Crippen molar-refractivity contribution in [2.75, 3.05) is 13.2 Å². The van der Waals surface area contributed by atoms with Gasteiger partial charge in [0.25, 0.3) is 0 Å². The summed E-state index contributed by atoms with van der Waals surface area (Å²) >= 11 is 2.14. The number of halogens is 4. The van der Waals surface area contributed by atoms with Crippen molar-refractivity contribution in [1.82, 2.24) is 0 Å². The van der Waals surface area contributed by atoms with Crippen molar-refractivity contribution in [1.29, 1.82) is 0 Å². The first-order valence-electron chi connectivity index (χ1n) is 7.07. The van der Waals surface area contributed by atoms with Gasteiger partial charge in [-0.15, -0.1) is 0 Å². The van der Waals surface area contributed by atoms with Gasteiger partial charge >= 0.3 is 15.6 Å². The third kappa shape index (κ3) is 2.95. The van der Waals surface area contributed by atoms with Crippen LogP contribution < -0.4 is 4.18 Å². The normalized spacial score (nSPS) is 20.5. The molecule has 0 atom stereocenters. The Balaban J connectivity index is 2.04. The van der Waals surface area contributed by atoms with E-state index in [1.165, 1.54) is 6.07 Å². The van der Waals surface area contributed by atoms with Gasteiger partial charge in [0.2, 0.25) is 0 Å². The molecule has 1 fully saturated rings. The maximum Gasteiger partial charge on any atom is 0.534 e. The highest BCUT2D eigenvalue weighted by Crippen LogP contribution is 2.50. The fourth-order valence-electron chi connectivity index (χ4n) is 3.42. The molecule has 1 spiro atoms. The van der Waals surface area contributed by atoms with Crippen LogP contribution in [0.2, 0.25) is 0 Å². The highest BCUT2D eigenvalue weighted by molar-refractivity contribution is 14.1. The molecule has 0 unspecified atom stereocenters. The van der Waals surface area contributed by atoms with E-state index in [0.717, 1.165) is 28.4 Å². The molecule has 1 aromatic carbocycles. The standard InChI is InChI=1S/C14H14F3IO4S/c15-14(16,17)23(19,20)22-11-2-1-10(18)12-9(11)3-4-13(12)5-7-21-8-6-13/h1-2H,3-8H2. The van der Waals surface area contributed by atoms with Gasteiger partial charge in [-0.25, -0.2) is 0 Å². The summed E-state index contributed by atoms with van der Waals surface area (Å²) in [6, 6.07) is 2.92. The number of fused-ring (bicyclic) bond motifs is 2. The minimum Gasteiger partial charge on any atom is -0.381 e. The van der Waals surface area contributed by atoms with Crippen LogP contribution in [0.5, 0.6) is 5.75 Å². The average Bonchev–Trinajstić information content (AvgIpc) is 2.82. The first-order chi connectivity index (χ1) is 10.7. The molecular formula is C14H14F3IO4S. The van der Waals surface area contributed by atoms with E-state index in [4.69, 9.17) is 4.74 Å². The smallest absolute Gasteiger partial charge is 0.381 e. The molecule has 1 aliphatic heterocycles. The largest absolute Gasteiger partial charge is 0.534 e. The van der Waals surface area contributed by atoms with Gasteiger partial charge in [-0.05, 0) is 66.0 Å². The van der Waals surface area contributed by atoms with Gasteiger partial charge in [-0.1, -0.05) is 0 Å². The van der Waals surface area contributed by atoms with Gasteiger partial charge < -0.3 is 8.92 Å². The first kappa shape index (κ1) is 17.3. The van der Waals surface area contributed by atoms with Gasteiger partial charge in [-0.3, -0.25) is 0 Å². The summed E-state index contributed by atoms with van der Waals surface area (Å²) in [5, 5.41) is 0. The lowest BCUT2D eigenvalue weighted by atomic mass is 9.75. The minimum atomic E-state index is -5.65. The Bertz CT molecular complexity index is 724. The lowest BCUT2D eigenvalue weighted by Crippen LogP contribution is -2.32. The van der Waals surface area contributed by atoms with Crippen molar-refractivity contribution in [2.45, 2.75) is 36.6 Å². The van der Waals surface area contributed by atoms with Crippen LogP contribution in [-0.2, 0) is 26.7 Å². The minimum absolute atomic E-state index is 0.147. The van der Waals surface area contributed by atoms with Crippen molar-refractivity contribution >= 4 is 32.7 Å². The quantitative estimate of drug-likeness (QED) is 0.384. The molecule has 2 aliphatic rings. The zero-order chi connectivity index (χ0) is 16.9. The highest BCUT2D eigenvalue weighted by Gasteiger charge is 2.50. The summed E-state index contributed by atoms with van der Waals surface area (Å²) in [6.07, 6.45) is 2.85. The molecule has 23 heavy (non-hydrogen) atoms. The van der Waals surface area contributed by atoms with E-state index in [9.17, 15) is 21.6 Å². The Morgan fingerprint density at radius 1 is 1.17 bits per heavy atom. The second kappa shape index (κ2) is 5.76. The third-order valence-electron chi connectivity index (χ3n) is 4.54. The van der Waals surface area contributed by atoms with Crippen LogP contribution in [0.3, 0.4) is 0 Å². The maximum atomic E-state index is 12.6. The lowest BCUT2D eigenvalue weighted by Gasteiger charge is -2.35. The average molecular weight is 462 g/mol. The molecule has 0 bridgehead atoms. The Morgan fingerprint density at radius 2 is 1.83 bits per heavy atom. The van der Waals surface area contributed by atoms with Crippen LogP contribution in [0.25, 0.3) is 0 Å². The van der Waals surface area contributed by atoms with Crippen molar-refractivity contribution in [3.8, 4) is 5.75 Å². The first-order valence-corrected chi connectivity index (χ1v) is 9.55. The topological polar surface area (TPSA) is 52.6 Å². The fraction of sp³-hybridized carbons (Fsp3) is 0.571. The maximum absolute atomic E-state index is 12.6. The van der Waals surface area contributed by atoms with Gasteiger partial charge in [0.1, 0.15) is 5.75 Å². The Morgan fingerprint density at radius 3 is 2.43 bits per heavy atom. The van der Waals surface area contributed by atoms with E-state index in [1.54, 1.807) is 6.07 Å². The number of rotatable bonds is 2. The van der Waals surface area contributed by atoms with E-state index in [2.05, 4.69) is 26.8 Å². The fourth-order valence-corrected chi connectivity index (χ4v) is 4.98. The number of hydrogen-bond donors (Lipinski definition) is 0. The van der Waals surface area contributed by atoms with E-state index in [0.29, 0.717) is 25.2 Å². The van der Waals surface area contributed by atoms with E-state index >= 15 is 0 Å². The summed E-state index contributed by atoms with van der Waals surface area (Å²) in [4.78, 5) is 0. The van der Waals surface area contributed by atoms with Crippen LogP contribution in [0, 0.1) is 3.57 Å². The number of ether oxygens (including phenoxy) is 1. The summed E-state index contributed by atoms with van der Waals surface area (Å²) < 4.78 is 71.0. The molecule has 0 saturated carbocycles. The second-order valence-electron chi connectivity index (χ2n) is 5.77. The molecular weight excluding hydrogens is 448 g/mol. The molecule has 0 radical (unpaired) electrons. The molecule has 1 saturated heterocycles. The van der Waals surface area contributed by atoms with Crippen molar-refractivity contribution in [2.24, 2.45) is 0 Å². The SMILES string of the molecule is O=S(=O)(Oc1ccc(I)c2c1CCC21CCOCC1)C(F)(F)F. The van der Waals surface area contributed by atoms with E-state index in [1.807, 2.05) is 0 Å². The van der Waals surface area contributed by atoms with Crippen LogP contribution in [0.1, 0.15) is 30.4 Å². The molecule has 1 aromatic rings. The van der Waals surface area contributed by atoms with Gasteiger partial charge in [-0.2, -0.15) is 21.6 Å². The Labute approximate surface area is 145 Å². The third-order valence-corrected chi connectivity index (χ3v) is 6.40. The van der Waals surface area contributed by atoms with Crippen LogP contribution in [-0.4, -0.2) is 27.1 Å². The molecule has 9 heteroatoms. The summed E-state index contributed by atoms with van der Waals surface area (Å²) in [6.45, 7) is 1.20. The molecule has 3 rings (SSSR count). The molecule has 1 heterocycles. The summed E-state index contributed by atoms with van der Waals surface area (Å²) in [5.74, 6) is -0.207. The predicted molar refractivity (Wildman–Crippen MR) is 84.8 cm³/mol. The Kier molecular flexibility index (Phi) is 4.33. The predicted octanol–water partition coefficient (Wildman–Crippen LogP) is 3.51. The van der Waals surface area contributed by atoms with Crippen LogP contribution in [0.4, 0.5) is 13.2 Å². The van der Waals surface area contributed by atoms with E-state index < -0.39 is 15.6 Å². The second-order valence-corrected chi connectivity index (χ2v) is 8.47. The highest BCUT2D eigenvalue weighted by atomic mass is 127. The zero-order valence-corrected chi connectivity index (χ0v) is 14.9. The van der Waals surface area contributed by atoms with E-state index in [-0.39, 0.29) is 11.2 Å². The molecule has 1 aliphatic carbocycles. The van der Waals surface area contributed by atoms with Gasteiger partial charge in [0, 0.05) is 27.8 Å². The van der Waals surface area contributed by atoms with Crippen molar-refractivity contribution < 1.29 is 30.5 Å². The molecule has 4 nitrogen and oxygen atoms in total. The Hall–Kier alpha value is -0.550. The molecule has 0 N–H and O–H groups in total. The monoisotopic (exact) mass is 462 g/mol. The molecule has 0 amide bonds. The molecule has 0 aromatic heterocycles. The summed E-state index contributed by atoms with van der Waals surface area (Å²) in [7, 11) is -5.65. The molecule has 128 valence electrons. The van der Waals surface area contributed by atoms with Gasteiger partial charge in [0.05, 0.1) is 0 Å². The number of benzene rings is 1. The number of hydrogen-bond acceptors (Lipinski definition) is 4. The van der Waals surface area contributed by atoms with Crippen molar-refractivity contribution in [3.63, 3.8) is 0 Å². The van der Waals surface area contributed by atoms with Crippen LogP contribution in [0.15, 0.2) is 12.1 Å². The lowest BCUT2D eigenvalue weighted by molar-refractivity contribution is -0.0500. The van der Waals surface area contributed by atoms with Crippen molar-refractivity contribution in [3.05, 3.63) is 26.8 Å².